The maximum absolute atomic E-state index is 13.9. The number of carboxylic acids is 1. The fraction of sp³-hybridized carbons (Fsp3) is 0. The van der Waals surface area contributed by atoms with Gasteiger partial charge >= 0.3 is 5.97 Å². The quantitative estimate of drug-likeness (QED) is 0.689. The van der Waals surface area contributed by atoms with Crippen LogP contribution in [-0.4, -0.2) is 16.1 Å². The standard InChI is InChI=1S/C12H6FNO4/c13-8-5(12(16)17)1-2-6-9(8)14-11(15)7-3-4-18-10(6)7/h1-4H,(H,14,15)(H,16,17). The third-order valence-corrected chi connectivity index (χ3v) is 2.77. The van der Waals surface area contributed by atoms with Crippen molar-refractivity contribution >= 4 is 27.8 Å². The van der Waals surface area contributed by atoms with E-state index in [9.17, 15) is 14.0 Å². The fourth-order valence-corrected chi connectivity index (χ4v) is 1.93. The minimum absolute atomic E-state index is 0.164. The van der Waals surface area contributed by atoms with E-state index in [4.69, 9.17) is 9.52 Å². The molecule has 0 bridgehead atoms. The number of aromatic amines is 1. The van der Waals surface area contributed by atoms with E-state index >= 15 is 0 Å². The summed E-state index contributed by atoms with van der Waals surface area (Å²) >= 11 is 0. The van der Waals surface area contributed by atoms with Gasteiger partial charge < -0.3 is 14.5 Å². The minimum atomic E-state index is -1.39. The normalized spacial score (nSPS) is 11.2. The van der Waals surface area contributed by atoms with Crippen molar-refractivity contribution in [1.29, 1.82) is 0 Å². The van der Waals surface area contributed by atoms with Gasteiger partial charge in [-0.3, -0.25) is 4.79 Å². The number of fused-ring (bicyclic) bond motifs is 3. The monoisotopic (exact) mass is 247 g/mol. The Morgan fingerprint density at radius 2 is 2.06 bits per heavy atom. The Balaban J connectivity index is 2.57. The Morgan fingerprint density at radius 3 is 2.78 bits per heavy atom. The van der Waals surface area contributed by atoms with Gasteiger partial charge in [-0.1, -0.05) is 0 Å². The molecule has 0 aliphatic heterocycles. The molecule has 0 spiro atoms. The second-order valence-electron chi connectivity index (χ2n) is 3.77. The molecule has 0 saturated heterocycles. The molecule has 2 N–H and O–H groups in total. The number of hydrogen-bond donors (Lipinski definition) is 2. The first-order valence-corrected chi connectivity index (χ1v) is 5.04. The van der Waals surface area contributed by atoms with Crippen molar-refractivity contribution in [3.05, 3.63) is 46.2 Å². The number of H-pyrrole nitrogens is 1. The summed E-state index contributed by atoms with van der Waals surface area (Å²) in [5, 5.41) is 9.44. The summed E-state index contributed by atoms with van der Waals surface area (Å²) in [5.74, 6) is -2.37. The van der Waals surface area contributed by atoms with Crippen molar-refractivity contribution in [2.75, 3.05) is 0 Å². The zero-order chi connectivity index (χ0) is 12.9. The van der Waals surface area contributed by atoms with Crippen LogP contribution in [0.4, 0.5) is 4.39 Å². The van der Waals surface area contributed by atoms with Gasteiger partial charge in [-0.05, 0) is 18.2 Å². The average molecular weight is 247 g/mol. The highest BCUT2D eigenvalue weighted by Gasteiger charge is 2.17. The van der Waals surface area contributed by atoms with Crippen molar-refractivity contribution in [3.63, 3.8) is 0 Å². The molecule has 0 unspecified atom stereocenters. The van der Waals surface area contributed by atoms with Gasteiger partial charge in [-0.25, -0.2) is 9.18 Å². The van der Waals surface area contributed by atoms with E-state index in [-0.39, 0.29) is 11.1 Å². The Labute approximate surface area is 98.5 Å². The number of nitrogens with one attached hydrogen (secondary N) is 1. The molecule has 0 aliphatic carbocycles. The van der Waals surface area contributed by atoms with E-state index in [1.54, 1.807) is 0 Å². The molecule has 2 aromatic heterocycles. The van der Waals surface area contributed by atoms with Gasteiger partial charge in [0.1, 0.15) is 5.58 Å². The first-order valence-electron chi connectivity index (χ1n) is 5.04. The number of hydrogen-bond acceptors (Lipinski definition) is 3. The van der Waals surface area contributed by atoms with Crippen molar-refractivity contribution in [3.8, 4) is 0 Å². The van der Waals surface area contributed by atoms with E-state index < -0.39 is 22.9 Å². The van der Waals surface area contributed by atoms with Crippen LogP contribution in [0.2, 0.25) is 0 Å². The molecule has 0 atom stereocenters. The smallest absolute Gasteiger partial charge is 0.338 e. The number of rotatable bonds is 1. The van der Waals surface area contributed by atoms with Crippen LogP contribution in [0.5, 0.6) is 0 Å². The largest absolute Gasteiger partial charge is 0.478 e. The van der Waals surface area contributed by atoms with E-state index in [1.807, 2.05) is 0 Å². The van der Waals surface area contributed by atoms with Crippen molar-refractivity contribution < 1.29 is 18.7 Å². The summed E-state index contributed by atoms with van der Waals surface area (Å²) in [7, 11) is 0. The third-order valence-electron chi connectivity index (χ3n) is 2.77. The van der Waals surface area contributed by atoms with Crippen LogP contribution >= 0.6 is 0 Å². The Hall–Kier alpha value is -2.63. The number of carboxylic acid groups (broad SMARTS) is 1. The molecule has 6 heteroatoms. The molecule has 2 heterocycles. The van der Waals surface area contributed by atoms with Crippen LogP contribution in [0.1, 0.15) is 10.4 Å². The molecule has 18 heavy (non-hydrogen) atoms. The summed E-state index contributed by atoms with van der Waals surface area (Å²) < 4.78 is 19.1. The highest BCUT2D eigenvalue weighted by Crippen LogP contribution is 2.25. The Bertz CT molecular complexity index is 846. The Morgan fingerprint density at radius 1 is 1.28 bits per heavy atom. The molecular formula is C12H6FNO4. The van der Waals surface area contributed by atoms with Crippen LogP contribution in [0.15, 0.2) is 33.7 Å². The second kappa shape index (κ2) is 3.43. The molecule has 90 valence electrons. The summed E-state index contributed by atoms with van der Waals surface area (Å²) in [6.45, 7) is 0. The lowest BCUT2D eigenvalue weighted by atomic mass is 10.1. The van der Waals surface area contributed by atoms with Crippen molar-refractivity contribution in [2.24, 2.45) is 0 Å². The highest BCUT2D eigenvalue weighted by molar-refractivity contribution is 6.04. The van der Waals surface area contributed by atoms with Gasteiger partial charge in [-0.15, -0.1) is 0 Å². The maximum atomic E-state index is 13.9. The molecule has 0 amide bonds. The van der Waals surface area contributed by atoms with Crippen molar-refractivity contribution in [2.45, 2.75) is 0 Å². The van der Waals surface area contributed by atoms with E-state index in [0.29, 0.717) is 10.8 Å². The van der Waals surface area contributed by atoms with Gasteiger partial charge in [0.05, 0.1) is 22.7 Å². The lowest BCUT2D eigenvalue weighted by Gasteiger charge is -2.03. The van der Waals surface area contributed by atoms with Gasteiger partial charge in [-0.2, -0.15) is 0 Å². The number of halogens is 1. The zero-order valence-electron chi connectivity index (χ0n) is 8.86. The number of carbonyl (C=O) groups is 1. The first-order chi connectivity index (χ1) is 8.59. The molecule has 0 radical (unpaired) electrons. The zero-order valence-corrected chi connectivity index (χ0v) is 8.86. The van der Waals surface area contributed by atoms with E-state index in [1.165, 1.54) is 18.4 Å². The molecular weight excluding hydrogens is 241 g/mol. The third kappa shape index (κ3) is 1.26. The van der Waals surface area contributed by atoms with Gasteiger partial charge in [0.15, 0.2) is 5.82 Å². The average Bonchev–Trinajstić information content (AvgIpc) is 2.80. The first kappa shape index (κ1) is 10.5. The number of furan rings is 1. The number of benzene rings is 1. The van der Waals surface area contributed by atoms with E-state index in [2.05, 4.69) is 4.98 Å². The molecule has 0 aliphatic rings. The number of aromatic nitrogens is 1. The molecule has 0 fully saturated rings. The van der Waals surface area contributed by atoms with Crippen LogP contribution < -0.4 is 5.56 Å². The topological polar surface area (TPSA) is 83.3 Å². The van der Waals surface area contributed by atoms with E-state index in [0.717, 1.165) is 6.07 Å². The SMILES string of the molecule is O=C(O)c1ccc2c([nH]c(=O)c3ccoc32)c1F. The maximum Gasteiger partial charge on any atom is 0.338 e. The van der Waals surface area contributed by atoms with Crippen molar-refractivity contribution in [1.82, 2.24) is 4.98 Å². The van der Waals surface area contributed by atoms with Crippen LogP contribution in [0, 0.1) is 5.82 Å². The second-order valence-corrected chi connectivity index (χ2v) is 3.77. The van der Waals surface area contributed by atoms with Crippen LogP contribution in [-0.2, 0) is 0 Å². The van der Waals surface area contributed by atoms with Gasteiger partial charge in [0.25, 0.3) is 5.56 Å². The lowest BCUT2D eigenvalue weighted by Crippen LogP contribution is -2.08. The van der Waals surface area contributed by atoms with Crippen LogP contribution in [0.25, 0.3) is 21.9 Å². The predicted octanol–water partition coefficient (Wildman–Crippen LogP) is 2.11. The molecule has 3 rings (SSSR count). The Kier molecular flexibility index (Phi) is 2.00. The summed E-state index contributed by atoms with van der Waals surface area (Å²) in [5.41, 5.74) is -0.941. The summed E-state index contributed by atoms with van der Waals surface area (Å²) in [6, 6.07) is 4.01. The number of aromatic carboxylic acids is 1. The predicted molar refractivity (Wildman–Crippen MR) is 61.3 cm³/mol. The lowest BCUT2D eigenvalue weighted by molar-refractivity contribution is 0.0692. The molecule has 5 nitrogen and oxygen atoms in total. The molecule has 1 aromatic carbocycles. The molecule has 0 saturated carbocycles. The summed E-state index contributed by atoms with van der Waals surface area (Å²) in [4.78, 5) is 24.8. The van der Waals surface area contributed by atoms with Crippen LogP contribution in [0.3, 0.4) is 0 Å². The highest BCUT2D eigenvalue weighted by atomic mass is 19.1. The van der Waals surface area contributed by atoms with Gasteiger partial charge in [0, 0.05) is 5.39 Å². The number of pyridine rings is 1. The molecule has 3 aromatic rings. The summed E-state index contributed by atoms with van der Waals surface area (Å²) in [6.07, 6.45) is 1.32. The van der Waals surface area contributed by atoms with Gasteiger partial charge in [0.2, 0.25) is 0 Å². The fourth-order valence-electron chi connectivity index (χ4n) is 1.93. The minimum Gasteiger partial charge on any atom is -0.478 e.